The highest BCUT2D eigenvalue weighted by Crippen LogP contribution is 2.50. The van der Waals surface area contributed by atoms with Crippen LogP contribution in [0.5, 0.6) is 0 Å². The van der Waals surface area contributed by atoms with E-state index in [2.05, 4.69) is 194 Å². The van der Waals surface area contributed by atoms with Gasteiger partial charge >= 0.3 is 0 Å². The molecule has 0 spiro atoms. The van der Waals surface area contributed by atoms with E-state index in [1.807, 2.05) is 11.3 Å². The van der Waals surface area contributed by atoms with Gasteiger partial charge in [-0.05, 0) is 100 Å². The van der Waals surface area contributed by atoms with Gasteiger partial charge < -0.3 is 0 Å². The standard InChI is InChI=1S/C52H32S/c1-2-15-35-31-37(30-29-33(35)13-1)36-17-9-18-38(32-36)49-42-21-5-6-22-43(42)50(41-23-10-16-34-14-3-4-19-39(34)41)47-27-11-24-44(51(47)49)46-26-12-25-45-40-20-7-8-28-48(40)53-52(45)46/h1-32H. The zero-order valence-corrected chi connectivity index (χ0v) is 29.7. The van der Waals surface area contributed by atoms with Gasteiger partial charge in [0, 0.05) is 25.7 Å². The Hall–Kier alpha value is -6.54. The predicted octanol–water partition coefficient (Wildman–Crippen LogP) is 15.3. The van der Waals surface area contributed by atoms with Crippen LogP contribution in [-0.2, 0) is 0 Å². The fourth-order valence-corrected chi connectivity index (χ4v) is 9.90. The van der Waals surface area contributed by atoms with Crippen molar-refractivity contribution in [3.05, 3.63) is 194 Å². The van der Waals surface area contributed by atoms with E-state index in [0.717, 1.165) is 0 Å². The third-order valence-electron chi connectivity index (χ3n) is 11.0. The third-order valence-corrected chi connectivity index (χ3v) is 12.3. The van der Waals surface area contributed by atoms with E-state index in [4.69, 9.17) is 0 Å². The molecular formula is C52H32S. The molecule has 0 nitrogen and oxygen atoms in total. The highest BCUT2D eigenvalue weighted by atomic mass is 32.1. The Morgan fingerprint density at radius 1 is 0.283 bits per heavy atom. The lowest BCUT2D eigenvalue weighted by Crippen LogP contribution is -1.94. The predicted molar refractivity (Wildman–Crippen MR) is 231 cm³/mol. The van der Waals surface area contributed by atoms with Crippen LogP contribution in [0.15, 0.2) is 194 Å². The molecule has 0 amide bonds. The van der Waals surface area contributed by atoms with Gasteiger partial charge in [0.1, 0.15) is 0 Å². The fourth-order valence-electron chi connectivity index (χ4n) is 8.67. The third kappa shape index (κ3) is 4.75. The van der Waals surface area contributed by atoms with E-state index in [0.29, 0.717) is 0 Å². The summed E-state index contributed by atoms with van der Waals surface area (Å²) in [4.78, 5) is 0. The zero-order valence-electron chi connectivity index (χ0n) is 28.9. The Labute approximate surface area is 311 Å². The first-order valence-corrected chi connectivity index (χ1v) is 19.1. The highest BCUT2D eigenvalue weighted by molar-refractivity contribution is 7.26. The number of hydrogen-bond donors (Lipinski definition) is 0. The lowest BCUT2D eigenvalue weighted by molar-refractivity contribution is 1.62. The maximum absolute atomic E-state index is 2.40. The van der Waals surface area contributed by atoms with Crippen molar-refractivity contribution in [3.63, 3.8) is 0 Å². The van der Waals surface area contributed by atoms with Crippen molar-refractivity contribution in [2.24, 2.45) is 0 Å². The molecule has 0 aliphatic carbocycles. The summed E-state index contributed by atoms with van der Waals surface area (Å²) in [7, 11) is 0. The molecule has 0 bridgehead atoms. The molecule has 0 atom stereocenters. The molecular weight excluding hydrogens is 657 g/mol. The fraction of sp³-hybridized carbons (Fsp3) is 0. The van der Waals surface area contributed by atoms with Gasteiger partial charge in [-0.15, -0.1) is 11.3 Å². The van der Waals surface area contributed by atoms with E-state index in [9.17, 15) is 0 Å². The van der Waals surface area contributed by atoms with E-state index in [1.165, 1.54) is 108 Å². The summed E-state index contributed by atoms with van der Waals surface area (Å²) in [6.07, 6.45) is 0. The maximum Gasteiger partial charge on any atom is 0.0434 e. The summed E-state index contributed by atoms with van der Waals surface area (Å²) in [6.45, 7) is 0. The van der Waals surface area contributed by atoms with Crippen LogP contribution in [0, 0.1) is 0 Å². The van der Waals surface area contributed by atoms with Crippen molar-refractivity contribution >= 4 is 74.6 Å². The summed E-state index contributed by atoms with van der Waals surface area (Å²) in [5.41, 5.74) is 10.0. The molecule has 0 N–H and O–H groups in total. The number of thiophene rings is 1. The molecule has 1 heteroatoms. The Kier molecular flexibility index (Phi) is 6.83. The SMILES string of the molecule is c1cc(-c2ccc3ccccc3c2)cc(-c2c3ccccc3c(-c3cccc4ccccc34)c3cccc(-c4cccc5c4sc4ccccc45)c23)c1. The molecule has 11 rings (SSSR count). The van der Waals surface area contributed by atoms with Crippen LogP contribution in [0.3, 0.4) is 0 Å². The largest absolute Gasteiger partial charge is 0.135 e. The molecule has 0 aliphatic heterocycles. The molecule has 11 aromatic rings. The van der Waals surface area contributed by atoms with Gasteiger partial charge in [0.05, 0.1) is 0 Å². The molecule has 0 saturated carbocycles. The average Bonchev–Trinajstić information content (AvgIpc) is 3.61. The first-order chi connectivity index (χ1) is 26.3. The second kappa shape index (κ2) is 12.0. The van der Waals surface area contributed by atoms with Crippen LogP contribution in [0.1, 0.15) is 0 Å². The van der Waals surface area contributed by atoms with E-state index < -0.39 is 0 Å². The van der Waals surface area contributed by atoms with Crippen molar-refractivity contribution < 1.29 is 0 Å². The maximum atomic E-state index is 2.40. The molecule has 1 aromatic heterocycles. The highest BCUT2D eigenvalue weighted by Gasteiger charge is 2.22. The normalized spacial score (nSPS) is 11.8. The Balaban J connectivity index is 1.28. The van der Waals surface area contributed by atoms with Gasteiger partial charge in [-0.3, -0.25) is 0 Å². The smallest absolute Gasteiger partial charge is 0.0434 e. The molecule has 10 aromatic carbocycles. The second-order valence-corrected chi connectivity index (χ2v) is 15.0. The van der Waals surface area contributed by atoms with Gasteiger partial charge in [0.15, 0.2) is 0 Å². The molecule has 0 aliphatic rings. The topological polar surface area (TPSA) is 0 Å². The quantitative estimate of drug-likeness (QED) is 0.162. The van der Waals surface area contributed by atoms with Crippen molar-refractivity contribution in [3.8, 4) is 44.5 Å². The Morgan fingerprint density at radius 3 is 1.72 bits per heavy atom. The van der Waals surface area contributed by atoms with Crippen LogP contribution >= 0.6 is 11.3 Å². The summed E-state index contributed by atoms with van der Waals surface area (Å²) >= 11 is 1.90. The van der Waals surface area contributed by atoms with Crippen molar-refractivity contribution in [2.45, 2.75) is 0 Å². The first-order valence-electron chi connectivity index (χ1n) is 18.3. The second-order valence-electron chi connectivity index (χ2n) is 14.0. The van der Waals surface area contributed by atoms with Crippen LogP contribution < -0.4 is 0 Å². The minimum atomic E-state index is 1.22. The summed E-state index contributed by atoms with van der Waals surface area (Å²) in [6, 6.07) is 71.9. The Bertz CT molecular complexity index is 3230. The van der Waals surface area contributed by atoms with Gasteiger partial charge in [-0.1, -0.05) is 176 Å². The van der Waals surface area contributed by atoms with Crippen LogP contribution in [0.4, 0.5) is 0 Å². The molecule has 53 heavy (non-hydrogen) atoms. The minimum Gasteiger partial charge on any atom is -0.135 e. The van der Waals surface area contributed by atoms with Crippen molar-refractivity contribution in [1.29, 1.82) is 0 Å². The number of fused-ring (bicyclic) bond motifs is 7. The van der Waals surface area contributed by atoms with Gasteiger partial charge in [0.2, 0.25) is 0 Å². The molecule has 0 radical (unpaired) electrons. The summed E-state index contributed by atoms with van der Waals surface area (Å²) in [5.74, 6) is 0. The monoisotopic (exact) mass is 688 g/mol. The van der Waals surface area contributed by atoms with E-state index in [-0.39, 0.29) is 0 Å². The van der Waals surface area contributed by atoms with Crippen molar-refractivity contribution in [1.82, 2.24) is 0 Å². The lowest BCUT2D eigenvalue weighted by atomic mass is 9.81. The summed E-state index contributed by atoms with van der Waals surface area (Å²) in [5, 5.41) is 12.7. The van der Waals surface area contributed by atoms with Crippen LogP contribution in [0.2, 0.25) is 0 Å². The van der Waals surface area contributed by atoms with Gasteiger partial charge in [-0.2, -0.15) is 0 Å². The lowest BCUT2D eigenvalue weighted by Gasteiger charge is -2.21. The van der Waals surface area contributed by atoms with Crippen molar-refractivity contribution in [2.75, 3.05) is 0 Å². The van der Waals surface area contributed by atoms with Gasteiger partial charge in [-0.25, -0.2) is 0 Å². The molecule has 246 valence electrons. The number of hydrogen-bond acceptors (Lipinski definition) is 1. The van der Waals surface area contributed by atoms with E-state index in [1.54, 1.807) is 0 Å². The van der Waals surface area contributed by atoms with Crippen LogP contribution in [-0.4, -0.2) is 0 Å². The van der Waals surface area contributed by atoms with E-state index >= 15 is 0 Å². The Morgan fingerprint density at radius 2 is 0.849 bits per heavy atom. The summed E-state index contributed by atoms with van der Waals surface area (Å²) < 4.78 is 2.65. The molecule has 0 saturated heterocycles. The first kappa shape index (κ1) is 30.1. The number of rotatable bonds is 4. The van der Waals surface area contributed by atoms with Crippen LogP contribution in [0.25, 0.3) is 108 Å². The average molecular weight is 689 g/mol. The zero-order chi connectivity index (χ0) is 34.9. The molecule has 1 heterocycles. The molecule has 0 fully saturated rings. The minimum absolute atomic E-state index is 1.22. The molecule has 0 unspecified atom stereocenters. The van der Waals surface area contributed by atoms with Gasteiger partial charge in [0.25, 0.3) is 0 Å². The number of benzene rings is 10.